The Balaban J connectivity index is 2.12. The van der Waals surface area contributed by atoms with Crippen molar-refractivity contribution in [1.29, 1.82) is 0 Å². The fraction of sp³-hybridized carbons (Fsp3) is 0.600. The number of hydrogen-bond acceptors (Lipinski definition) is 1. The van der Waals surface area contributed by atoms with Crippen LogP contribution in [-0.2, 0) is 4.74 Å². The lowest BCUT2D eigenvalue weighted by Crippen LogP contribution is -2.12. The Morgan fingerprint density at radius 2 is 2.42 bits per heavy atom. The van der Waals surface area contributed by atoms with Gasteiger partial charge in [-0.15, -0.1) is 0 Å². The van der Waals surface area contributed by atoms with E-state index in [0.717, 1.165) is 24.8 Å². The highest BCUT2D eigenvalue weighted by Gasteiger charge is 2.04. The zero-order chi connectivity index (χ0) is 8.65. The lowest BCUT2D eigenvalue weighted by atomic mass is 10.2. The van der Waals surface area contributed by atoms with E-state index in [9.17, 15) is 0 Å². The van der Waals surface area contributed by atoms with E-state index in [1.165, 1.54) is 6.42 Å². The zero-order valence-electron chi connectivity index (χ0n) is 7.21. The van der Waals surface area contributed by atoms with Gasteiger partial charge in [-0.3, -0.25) is 0 Å². The Bertz CT molecular complexity index is 163. The fourth-order valence-corrected chi connectivity index (χ4v) is 1.45. The van der Waals surface area contributed by atoms with Crippen LogP contribution in [0.1, 0.15) is 19.3 Å². The molecule has 1 aliphatic rings. The molecule has 0 aromatic heterocycles. The van der Waals surface area contributed by atoms with E-state index in [-0.39, 0.29) is 0 Å². The minimum Gasteiger partial charge on any atom is -0.370 e. The van der Waals surface area contributed by atoms with Gasteiger partial charge in [-0.25, -0.2) is 0 Å². The first-order valence-corrected chi connectivity index (χ1v) is 5.55. The van der Waals surface area contributed by atoms with Crippen LogP contribution in [0, 0.1) is 0 Å². The molecule has 0 fully saturated rings. The summed E-state index contributed by atoms with van der Waals surface area (Å²) in [5.74, 6) is 0. The normalized spacial score (nSPS) is 23.6. The Morgan fingerprint density at radius 1 is 1.50 bits per heavy atom. The van der Waals surface area contributed by atoms with E-state index in [1.807, 2.05) is 0 Å². The monoisotopic (exact) mass is 230 g/mol. The van der Waals surface area contributed by atoms with Gasteiger partial charge in [0.05, 0.1) is 12.7 Å². The van der Waals surface area contributed by atoms with Gasteiger partial charge in [0, 0.05) is 5.33 Å². The van der Waals surface area contributed by atoms with E-state index in [2.05, 4.69) is 40.2 Å². The second-order valence-electron chi connectivity index (χ2n) is 2.84. The molecule has 1 rings (SSSR count). The summed E-state index contributed by atoms with van der Waals surface area (Å²) in [6.45, 7) is 0.771. The minimum atomic E-state index is 0.324. The highest BCUT2D eigenvalue weighted by Crippen LogP contribution is 2.08. The molecule has 1 heterocycles. The second-order valence-corrected chi connectivity index (χ2v) is 3.63. The van der Waals surface area contributed by atoms with Crippen LogP contribution in [0.2, 0.25) is 0 Å². The van der Waals surface area contributed by atoms with Crippen LogP contribution in [0.3, 0.4) is 0 Å². The molecular formula is C10H15BrO. The molecule has 1 unspecified atom stereocenters. The summed E-state index contributed by atoms with van der Waals surface area (Å²) >= 11 is 3.40. The summed E-state index contributed by atoms with van der Waals surface area (Å²) in [6.07, 6.45) is 12.4. The molecule has 0 bridgehead atoms. The van der Waals surface area contributed by atoms with Crippen molar-refractivity contribution in [1.82, 2.24) is 0 Å². The molecule has 68 valence electrons. The summed E-state index contributed by atoms with van der Waals surface area (Å²) in [6, 6.07) is 0. The largest absolute Gasteiger partial charge is 0.370 e. The number of ether oxygens (including phenoxy) is 1. The Hall–Kier alpha value is -0.0800. The Labute approximate surface area is 82.6 Å². The molecule has 0 amide bonds. The van der Waals surface area contributed by atoms with Gasteiger partial charge in [0.15, 0.2) is 0 Å². The van der Waals surface area contributed by atoms with Crippen LogP contribution in [0.15, 0.2) is 24.3 Å². The number of hydrogen-bond donors (Lipinski definition) is 0. The average Bonchev–Trinajstić information content (AvgIpc) is 2.14. The van der Waals surface area contributed by atoms with Gasteiger partial charge in [0.25, 0.3) is 0 Å². The van der Waals surface area contributed by atoms with Crippen molar-refractivity contribution in [3.05, 3.63) is 24.3 Å². The first-order valence-electron chi connectivity index (χ1n) is 4.42. The summed E-state index contributed by atoms with van der Waals surface area (Å²) in [7, 11) is 0. The SMILES string of the molecule is BrCCC/C=C/C1CC=CCO1. The standard InChI is InChI=1S/C10H15BrO/c11-8-4-1-2-6-10-7-3-5-9-12-10/h2-3,5-6,10H,1,4,7-9H2/b6-2+. The number of halogens is 1. The molecule has 0 saturated heterocycles. The quantitative estimate of drug-likeness (QED) is 0.410. The summed E-state index contributed by atoms with van der Waals surface area (Å²) in [5.41, 5.74) is 0. The summed E-state index contributed by atoms with van der Waals surface area (Å²) in [5, 5.41) is 1.09. The maximum absolute atomic E-state index is 5.47. The smallest absolute Gasteiger partial charge is 0.0794 e. The topological polar surface area (TPSA) is 9.23 Å². The molecule has 0 aromatic rings. The zero-order valence-corrected chi connectivity index (χ0v) is 8.79. The fourth-order valence-electron chi connectivity index (χ4n) is 1.12. The predicted molar refractivity (Wildman–Crippen MR) is 55.7 cm³/mol. The van der Waals surface area contributed by atoms with Crippen molar-refractivity contribution < 1.29 is 4.74 Å². The van der Waals surface area contributed by atoms with E-state index < -0.39 is 0 Å². The van der Waals surface area contributed by atoms with Crippen LogP contribution in [0.4, 0.5) is 0 Å². The molecule has 2 heteroatoms. The van der Waals surface area contributed by atoms with E-state index in [4.69, 9.17) is 4.74 Å². The third kappa shape index (κ3) is 4.07. The predicted octanol–water partition coefficient (Wildman–Crippen LogP) is 3.06. The number of allylic oxidation sites excluding steroid dienone is 1. The van der Waals surface area contributed by atoms with Gasteiger partial charge in [0.1, 0.15) is 0 Å². The number of rotatable bonds is 4. The van der Waals surface area contributed by atoms with Crippen molar-refractivity contribution in [2.24, 2.45) is 0 Å². The van der Waals surface area contributed by atoms with E-state index >= 15 is 0 Å². The van der Waals surface area contributed by atoms with Gasteiger partial charge in [-0.05, 0) is 19.3 Å². The molecule has 1 atom stereocenters. The van der Waals surface area contributed by atoms with Crippen molar-refractivity contribution >= 4 is 15.9 Å². The average molecular weight is 231 g/mol. The molecule has 0 saturated carbocycles. The molecule has 12 heavy (non-hydrogen) atoms. The Morgan fingerprint density at radius 3 is 3.08 bits per heavy atom. The summed E-state index contributed by atoms with van der Waals surface area (Å²) < 4.78 is 5.47. The molecule has 0 radical (unpaired) electrons. The number of unbranched alkanes of at least 4 members (excludes halogenated alkanes) is 1. The van der Waals surface area contributed by atoms with Gasteiger partial charge < -0.3 is 4.74 Å². The molecule has 1 aliphatic heterocycles. The molecule has 0 aromatic carbocycles. The van der Waals surface area contributed by atoms with Crippen LogP contribution in [0.5, 0.6) is 0 Å². The van der Waals surface area contributed by atoms with E-state index in [1.54, 1.807) is 0 Å². The van der Waals surface area contributed by atoms with Crippen molar-refractivity contribution in [2.45, 2.75) is 25.4 Å². The Kier molecular flexibility index (Phi) is 5.37. The van der Waals surface area contributed by atoms with Gasteiger partial charge in [-0.1, -0.05) is 40.2 Å². The third-order valence-corrected chi connectivity index (χ3v) is 2.36. The van der Waals surface area contributed by atoms with Gasteiger partial charge in [-0.2, -0.15) is 0 Å². The minimum absolute atomic E-state index is 0.324. The maximum atomic E-state index is 5.47. The lowest BCUT2D eigenvalue weighted by Gasteiger charge is -2.14. The van der Waals surface area contributed by atoms with Gasteiger partial charge in [0.2, 0.25) is 0 Å². The van der Waals surface area contributed by atoms with Crippen LogP contribution < -0.4 is 0 Å². The molecule has 1 nitrogen and oxygen atoms in total. The van der Waals surface area contributed by atoms with Crippen LogP contribution in [-0.4, -0.2) is 18.0 Å². The van der Waals surface area contributed by atoms with Gasteiger partial charge >= 0.3 is 0 Å². The molecular weight excluding hydrogens is 216 g/mol. The summed E-state index contributed by atoms with van der Waals surface area (Å²) in [4.78, 5) is 0. The second kappa shape index (κ2) is 6.44. The molecule has 0 N–H and O–H groups in total. The maximum Gasteiger partial charge on any atom is 0.0794 e. The van der Waals surface area contributed by atoms with E-state index in [0.29, 0.717) is 6.10 Å². The number of alkyl halides is 1. The van der Waals surface area contributed by atoms with Crippen molar-refractivity contribution in [2.75, 3.05) is 11.9 Å². The van der Waals surface area contributed by atoms with Crippen molar-refractivity contribution in [3.63, 3.8) is 0 Å². The van der Waals surface area contributed by atoms with Crippen molar-refractivity contribution in [3.8, 4) is 0 Å². The highest BCUT2D eigenvalue weighted by molar-refractivity contribution is 9.09. The molecule has 0 aliphatic carbocycles. The lowest BCUT2D eigenvalue weighted by molar-refractivity contribution is 0.102. The third-order valence-electron chi connectivity index (χ3n) is 1.80. The highest BCUT2D eigenvalue weighted by atomic mass is 79.9. The van der Waals surface area contributed by atoms with Crippen LogP contribution in [0.25, 0.3) is 0 Å². The van der Waals surface area contributed by atoms with Crippen LogP contribution >= 0.6 is 15.9 Å². The molecule has 0 spiro atoms. The first-order chi connectivity index (χ1) is 5.93. The first kappa shape index (κ1) is 10.0.